The predicted molar refractivity (Wildman–Crippen MR) is 144 cm³/mol. The number of ether oxygens (including phenoxy) is 2. The lowest BCUT2D eigenvalue weighted by atomic mass is 10.1. The van der Waals surface area contributed by atoms with Crippen LogP contribution in [0.25, 0.3) is 22.3 Å². The van der Waals surface area contributed by atoms with Crippen LogP contribution in [0.4, 0.5) is 5.82 Å². The Labute approximate surface area is 218 Å². The highest BCUT2D eigenvalue weighted by molar-refractivity contribution is 7.09. The minimum atomic E-state index is 0.433. The summed E-state index contributed by atoms with van der Waals surface area (Å²) in [4.78, 5) is 16.3. The lowest BCUT2D eigenvalue weighted by Gasteiger charge is -2.14. The first-order chi connectivity index (χ1) is 18.2. The molecule has 0 unspecified atom stereocenters. The van der Waals surface area contributed by atoms with Crippen molar-refractivity contribution in [3.8, 4) is 28.5 Å². The average Bonchev–Trinajstić information content (AvgIpc) is 3.69. The van der Waals surface area contributed by atoms with Crippen molar-refractivity contribution in [3.63, 3.8) is 0 Å². The highest BCUT2D eigenvalue weighted by Crippen LogP contribution is 2.32. The van der Waals surface area contributed by atoms with Gasteiger partial charge in [0.25, 0.3) is 0 Å². The number of hydrogen-bond donors (Lipinski definition) is 1. The fraction of sp³-hybridized carbons (Fsp3) is 0.259. The van der Waals surface area contributed by atoms with Gasteiger partial charge >= 0.3 is 0 Å². The van der Waals surface area contributed by atoms with Gasteiger partial charge in [0.2, 0.25) is 0 Å². The highest BCUT2D eigenvalue weighted by atomic mass is 32.1. The van der Waals surface area contributed by atoms with Crippen molar-refractivity contribution in [1.82, 2.24) is 29.6 Å². The van der Waals surface area contributed by atoms with Gasteiger partial charge in [-0.3, -0.25) is 4.98 Å². The van der Waals surface area contributed by atoms with E-state index in [9.17, 15) is 0 Å². The van der Waals surface area contributed by atoms with Gasteiger partial charge in [-0.25, -0.2) is 14.6 Å². The Hall–Kier alpha value is -4.02. The maximum Gasteiger partial charge on any atom is 0.164 e. The third-order valence-corrected chi connectivity index (χ3v) is 7.17. The van der Waals surface area contributed by atoms with Crippen LogP contribution in [0.15, 0.2) is 66.6 Å². The summed E-state index contributed by atoms with van der Waals surface area (Å²) in [5.41, 5.74) is 10.5. The monoisotopic (exact) mass is 513 g/mol. The predicted octanol–water partition coefficient (Wildman–Crippen LogP) is 5.00. The second-order valence-electron chi connectivity index (χ2n) is 8.94. The van der Waals surface area contributed by atoms with Gasteiger partial charge in [-0.1, -0.05) is 6.07 Å². The average molecular weight is 514 g/mol. The largest absolute Gasteiger partial charge is 0.488 e. The van der Waals surface area contributed by atoms with E-state index in [2.05, 4.69) is 19.9 Å². The van der Waals surface area contributed by atoms with Crippen molar-refractivity contribution < 1.29 is 9.47 Å². The van der Waals surface area contributed by atoms with E-state index in [1.54, 1.807) is 16.8 Å². The summed E-state index contributed by atoms with van der Waals surface area (Å²) in [5, 5.41) is 5.68. The number of likely N-dealkylation sites (tertiary alicyclic amines) is 1. The van der Waals surface area contributed by atoms with Crippen molar-refractivity contribution in [2.24, 2.45) is 0 Å². The molecule has 1 fully saturated rings. The van der Waals surface area contributed by atoms with Crippen LogP contribution < -0.4 is 15.2 Å². The Morgan fingerprint density at radius 2 is 1.78 bits per heavy atom. The molecule has 1 aliphatic rings. The molecule has 3 aromatic heterocycles. The summed E-state index contributed by atoms with van der Waals surface area (Å²) in [6, 6.07) is 15.4. The summed E-state index contributed by atoms with van der Waals surface area (Å²) in [7, 11) is 0. The molecule has 4 heterocycles. The molecule has 1 aliphatic heterocycles. The van der Waals surface area contributed by atoms with E-state index in [0.717, 1.165) is 59.1 Å². The molecule has 0 spiro atoms. The molecule has 1 saturated heterocycles. The van der Waals surface area contributed by atoms with Gasteiger partial charge in [0.1, 0.15) is 41.7 Å². The first kappa shape index (κ1) is 23.4. The van der Waals surface area contributed by atoms with Crippen LogP contribution >= 0.6 is 11.3 Å². The number of nitrogens with two attached hydrogens (primary N) is 1. The summed E-state index contributed by atoms with van der Waals surface area (Å²) >= 11 is 1.57. The van der Waals surface area contributed by atoms with Crippen LogP contribution in [0.5, 0.6) is 17.2 Å². The molecule has 0 amide bonds. The van der Waals surface area contributed by atoms with Gasteiger partial charge < -0.3 is 20.1 Å². The first-order valence-electron chi connectivity index (χ1n) is 12.3. The van der Waals surface area contributed by atoms with Crippen LogP contribution in [0.3, 0.4) is 0 Å². The maximum absolute atomic E-state index is 6.27. The van der Waals surface area contributed by atoms with Crippen molar-refractivity contribution in [3.05, 3.63) is 71.4 Å². The van der Waals surface area contributed by atoms with Gasteiger partial charge in [-0.15, -0.1) is 11.3 Å². The van der Waals surface area contributed by atoms with Crippen molar-refractivity contribution in [2.75, 3.05) is 25.4 Å². The zero-order chi connectivity index (χ0) is 25.0. The Balaban J connectivity index is 1.19. The van der Waals surface area contributed by atoms with Crippen molar-refractivity contribution in [1.29, 1.82) is 0 Å². The molecule has 2 N–H and O–H groups in total. The molecule has 6 rings (SSSR count). The molecule has 10 heteroatoms. The Kier molecular flexibility index (Phi) is 6.66. The van der Waals surface area contributed by atoms with Crippen LogP contribution in [-0.4, -0.2) is 49.3 Å². The number of aromatic nitrogens is 5. The molecule has 0 atom stereocenters. The third-order valence-electron chi connectivity index (χ3n) is 6.42. The topological polar surface area (TPSA) is 104 Å². The SMILES string of the molecule is Nc1ncnc2c1c(-c1ccc(Oc3cccc(OCc4cncs4)c3)cc1)nn2CCN1CCCC1. The minimum absolute atomic E-state index is 0.433. The van der Waals surface area contributed by atoms with E-state index in [-0.39, 0.29) is 0 Å². The van der Waals surface area contributed by atoms with E-state index < -0.39 is 0 Å². The minimum Gasteiger partial charge on any atom is -0.488 e. The van der Waals surface area contributed by atoms with Crippen LogP contribution in [0, 0.1) is 0 Å². The Morgan fingerprint density at radius 3 is 2.59 bits per heavy atom. The number of benzene rings is 2. The van der Waals surface area contributed by atoms with Crippen LogP contribution in [0.1, 0.15) is 17.7 Å². The van der Waals surface area contributed by atoms with E-state index in [1.165, 1.54) is 19.2 Å². The van der Waals surface area contributed by atoms with Gasteiger partial charge in [0.05, 0.1) is 22.3 Å². The number of thiazole rings is 1. The first-order valence-corrected chi connectivity index (χ1v) is 13.2. The molecule has 0 aliphatic carbocycles. The zero-order valence-electron chi connectivity index (χ0n) is 20.3. The lowest BCUT2D eigenvalue weighted by molar-refractivity contribution is 0.308. The van der Waals surface area contributed by atoms with Crippen LogP contribution in [0.2, 0.25) is 0 Å². The molecule has 37 heavy (non-hydrogen) atoms. The molecular weight excluding hydrogens is 486 g/mol. The molecule has 2 aromatic carbocycles. The number of rotatable bonds is 9. The van der Waals surface area contributed by atoms with E-state index in [1.807, 2.05) is 59.4 Å². The summed E-state index contributed by atoms with van der Waals surface area (Å²) in [6.07, 6.45) is 5.84. The molecular formula is C27H27N7O2S. The van der Waals surface area contributed by atoms with E-state index in [0.29, 0.717) is 23.9 Å². The fourth-order valence-electron chi connectivity index (χ4n) is 4.54. The number of fused-ring (bicyclic) bond motifs is 1. The summed E-state index contributed by atoms with van der Waals surface area (Å²) < 4.78 is 13.9. The number of hydrogen-bond acceptors (Lipinski definition) is 9. The Bertz CT molecular complexity index is 1480. The van der Waals surface area contributed by atoms with Crippen molar-refractivity contribution >= 4 is 28.2 Å². The smallest absolute Gasteiger partial charge is 0.164 e. The quantitative estimate of drug-likeness (QED) is 0.294. The summed E-state index contributed by atoms with van der Waals surface area (Å²) in [5.74, 6) is 2.58. The number of nitrogen functional groups attached to an aromatic ring is 1. The van der Waals surface area contributed by atoms with E-state index >= 15 is 0 Å². The molecule has 188 valence electrons. The number of nitrogens with zero attached hydrogens (tertiary/aromatic N) is 6. The molecule has 0 radical (unpaired) electrons. The second kappa shape index (κ2) is 10.5. The van der Waals surface area contributed by atoms with Crippen molar-refractivity contribution in [2.45, 2.75) is 26.0 Å². The normalized spacial score (nSPS) is 13.8. The van der Waals surface area contributed by atoms with Gasteiger partial charge in [-0.2, -0.15) is 5.10 Å². The Morgan fingerprint density at radius 1 is 0.946 bits per heavy atom. The van der Waals surface area contributed by atoms with E-state index in [4.69, 9.17) is 20.3 Å². The van der Waals surface area contributed by atoms with Gasteiger partial charge in [-0.05, 0) is 62.3 Å². The summed E-state index contributed by atoms with van der Waals surface area (Å²) in [6.45, 7) is 4.47. The fourth-order valence-corrected chi connectivity index (χ4v) is 5.05. The van der Waals surface area contributed by atoms with Gasteiger partial charge in [0.15, 0.2) is 5.65 Å². The molecule has 5 aromatic rings. The van der Waals surface area contributed by atoms with Gasteiger partial charge in [0, 0.05) is 24.4 Å². The molecule has 0 bridgehead atoms. The molecule has 0 saturated carbocycles. The maximum atomic E-state index is 6.27. The number of anilines is 1. The van der Waals surface area contributed by atoms with Crippen LogP contribution in [-0.2, 0) is 13.2 Å². The standard InChI is InChI=1S/C27H27N7O2S/c28-26-24-25(32-34(27(24)31-17-30-26)13-12-33-10-1-2-11-33)19-6-8-20(9-7-19)36-22-5-3-4-21(14-22)35-16-23-15-29-18-37-23/h3-9,14-15,17-18H,1-2,10-13,16H2,(H2,28,30,31). The molecule has 9 nitrogen and oxygen atoms in total. The lowest BCUT2D eigenvalue weighted by Crippen LogP contribution is -2.24. The third kappa shape index (κ3) is 5.25. The highest BCUT2D eigenvalue weighted by Gasteiger charge is 2.18. The zero-order valence-corrected chi connectivity index (χ0v) is 21.1. The second-order valence-corrected chi connectivity index (χ2v) is 9.91.